The van der Waals surface area contributed by atoms with E-state index in [1.165, 1.54) is 0 Å². The molecule has 0 saturated heterocycles. The van der Waals surface area contributed by atoms with Gasteiger partial charge in [0.15, 0.2) is 0 Å². The molecule has 1 aromatic rings. The lowest BCUT2D eigenvalue weighted by atomic mass is 10.1. The van der Waals surface area contributed by atoms with E-state index in [0.29, 0.717) is 6.42 Å². The van der Waals surface area contributed by atoms with Gasteiger partial charge in [-0.2, -0.15) is 20.2 Å². The van der Waals surface area contributed by atoms with E-state index >= 15 is 0 Å². The van der Waals surface area contributed by atoms with E-state index in [1.54, 1.807) is 36.0 Å². The second-order valence-electron chi connectivity index (χ2n) is 7.28. The zero-order chi connectivity index (χ0) is 19.8. The Kier molecular flexibility index (Phi) is 9.13. The van der Waals surface area contributed by atoms with Crippen LogP contribution in [0.1, 0.15) is 46.1 Å². The van der Waals surface area contributed by atoms with Crippen LogP contribution < -0.4 is 0 Å². The van der Waals surface area contributed by atoms with E-state index in [1.807, 2.05) is 34.6 Å². The molecule has 0 saturated carbocycles. The molecule has 26 heavy (non-hydrogen) atoms. The molecular weight excluding hydrogens is 372 g/mol. The molecule has 7 heteroatoms. The molecule has 148 valence electrons. The molecular formula is C19H30O5S2. The maximum atomic E-state index is 12.0. The maximum Gasteiger partial charge on any atom is 0.309 e. The van der Waals surface area contributed by atoms with E-state index in [0.717, 1.165) is 23.5 Å². The third kappa shape index (κ3) is 9.05. The van der Waals surface area contributed by atoms with Gasteiger partial charge >= 0.3 is 5.97 Å². The first kappa shape index (κ1) is 23.0. The molecule has 0 amide bonds. The van der Waals surface area contributed by atoms with Crippen molar-refractivity contribution in [2.45, 2.75) is 58.0 Å². The number of esters is 1. The molecule has 0 heterocycles. The largest absolute Gasteiger partial charge is 0.460 e. The number of hydrogen-bond acceptors (Lipinski definition) is 6. The molecule has 0 spiro atoms. The van der Waals surface area contributed by atoms with Gasteiger partial charge in [0, 0.05) is 0 Å². The van der Waals surface area contributed by atoms with Crippen LogP contribution in [0.25, 0.3) is 0 Å². The molecule has 0 bridgehead atoms. The van der Waals surface area contributed by atoms with Crippen LogP contribution in [-0.4, -0.2) is 38.1 Å². The third-order valence-electron chi connectivity index (χ3n) is 3.49. The van der Waals surface area contributed by atoms with Gasteiger partial charge in [0.05, 0.1) is 17.4 Å². The molecule has 5 nitrogen and oxygen atoms in total. The Morgan fingerprint density at radius 1 is 1.15 bits per heavy atom. The van der Waals surface area contributed by atoms with Gasteiger partial charge in [0.1, 0.15) is 5.60 Å². The first-order valence-corrected chi connectivity index (χ1v) is 11.3. The minimum absolute atomic E-state index is 0.139. The lowest BCUT2D eigenvalue weighted by Crippen LogP contribution is -2.27. The molecule has 1 aromatic carbocycles. The molecule has 0 aliphatic carbocycles. The Morgan fingerprint density at radius 3 is 2.35 bits per heavy atom. The van der Waals surface area contributed by atoms with Crippen molar-refractivity contribution in [1.82, 2.24) is 0 Å². The zero-order valence-corrected chi connectivity index (χ0v) is 17.9. The van der Waals surface area contributed by atoms with Crippen LogP contribution in [0.3, 0.4) is 0 Å². The van der Waals surface area contributed by atoms with Gasteiger partial charge in [-0.25, -0.2) is 0 Å². The average molecular weight is 403 g/mol. The van der Waals surface area contributed by atoms with Crippen LogP contribution in [0, 0.1) is 12.8 Å². The second-order valence-corrected chi connectivity index (χ2v) is 10.1. The maximum absolute atomic E-state index is 12.0. The van der Waals surface area contributed by atoms with Crippen LogP contribution in [-0.2, 0) is 23.8 Å². The first-order valence-electron chi connectivity index (χ1n) is 8.78. The summed E-state index contributed by atoms with van der Waals surface area (Å²) in [6.07, 6.45) is 1.37. The Labute approximate surface area is 162 Å². The highest BCUT2D eigenvalue weighted by Crippen LogP contribution is 2.17. The lowest BCUT2D eigenvalue weighted by Gasteiger charge is -2.22. The fourth-order valence-electron chi connectivity index (χ4n) is 1.98. The van der Waals surface area contributed by atoms with Crippen LogP contribution in [0.2, 0.25) is 0 Å². The summed E-state index contributed by atoms with van der Waals surface area (Å²) in [6.45, 7) is 9.50. The van der Waals surface area contributed by atoms with Crippen LogP contribution in [0.5, 0.6) is 0 Å². The molecule has 0 aromatic heterocycles. The molecule has 0 N–H and O–H groups in total. The van der Waals surface area contributed by atoms with Crippen molar-refractivity contribution in [3.8, 4) is 0 Å². The predicted octanol–water partition coefficient (Wildman–Crippen LogP) is 4.19. The van der Waals surface area contributed by atoms with E-state index < -0.39 is 15.7 Å². The van der Waals surface area contributed by atoms with Gasteiger partial charge in [-0.05, 0) is 64.2 Å². The highest BCUT2D eigenvalue weighted by Gasteiger charge is 2.21. The molecule has 0 aliphatic rings. The summed E-state index contributed by atoms with van der Waals surface area (Å²) in [7, 11) is -3.68. The van der Waals surface area contributed by atoms with Gasteiger partial charge in [-0.1, -0.05) is 24.6 Å². The summed E-state index contributed by atoms with van der Waals surface area (Å²) in [4.78, 5) is 12.1. The van der Waals surface area contributed by atoms with Gasteiger partial charge in [-0.3, -0.25) is 8.98 Å². The smallest absolute Gasteiger partial charge is 0.309 e. The predicted molar refractivity (Wildman–Crippen MR) is 106 cm³/mol. The minimum Gasteiger partial charge on any atom is -0.460 e. The van der Waals surface area contributed by atoms with Crippen molar-refractivity contribution in [3.05, 3.63) is 29.8 Å². The Bertz CT molecular complexity index is 660. The summed E-state index contributed by atoms with van der Waals surface area (Å²) in [5.74, 6) is 1.29. The summed E-state index contributed by atoms with van der Waals surface area (Å²) in [5.41, 5.74) is 0.541. The summed E-state index contributed by atoms with van der Waals surface area (Å²) >= 11 is 1.68. The number of hydrogen-bond donors (Lipinski definition) is 0. The van der Waals surface area contributed by atoms with Crippen LogP contribution in [0.4, 0.5) is 0 Å². The second kappa shape index (κ2) is 10.3. The van der Waals surface area contributed by atoms with Gasteiger partial charge < -0.3 is 4.74 Å². The molecule has 1 unspecified atom stereocenters. The third-order valence-corrected chi connectivity index (χ3v) is 5.91. The standard InChI is InChI=1S/C19H30O5S2/c1-15-7-9-17(10-8-15)26(21,22)23-12-6-13-25-14-11-16(2)18(20)24-19(3,4)5/h7-10,16H,6,11-14H2,1-5H3. The van der Waals surface area contributed by atoms with Crippen molar-refractivity contribution in [2.75, 3.05) is 18.1 Å². The normalized spacial score (nSPS) is 13.4. The van der Waals surface area contributed by atoms with E-state index in [2.05, 4.69) is 0 Å². The van der Waals surface area contributed by atoms with Crippen molar-refractivity contribution < 1.29 is 22.1 Å². The number of rotatable bonds is 10. The SMILES string of the molecule is Cc1ccc(S(=O)(=O)OCCCSCCC(C)C(=O)OC(C)(C)C)cc1. The van der Waals surface area contributed by atoms with E-state index in [4.69, 9.17) is 8.92 Å². The summed E-state index contributed by atoms with van der Waals surface area (Å²) < 4.78 is 34.5. The van der Waals surface area contributed by atoms with E-state index in [-0.39, 0.29) is 23.4 Å². The van der Waals surface area contributed by atoms with E-state index in [9.17, 15) is 13.2 Å². The fraction of sp³-hybridized carbons (Fsp3) is 0.632. The highest BCUT2D eigenvalue weighted by molar-refractivity contribution is 7.99. The van der Waals surface area contributed by atoms with Crippen LogP contribution in [0.15, 0.2) is 29.2 Å². The Hall–Kier alpha value is -1.05. The fourth-order valence-corrected chi connectivity index (χ4v) is 3.97. The topological polar surface area (TPSA) is 69.7 Å². The zero-order valence-electron chi connectivity index (χ0n) is 16.3. The summed E-state index contributed by atoms with van der Waals surface area (Å²) in [5, 5.41) is 0. The summed E-state index contributed by atoms with van der Waals surface area (Å²) in [6, 6.07) is 6.60. The quantitative estimate of drug-likeness (QED) is 0.332. The van der Waals surface area contributed by atoms with Crippen molar-refractivity contribution in [1.29, 1.82) is 0 Å². The first-order chi connectivity index (χ1) is 12.0. The molecule has 0 aliphatic heterocycles. The van der Waals surface area contributed by atoms with Crippen molar-refractivity contribution in [3.63, 3.8) is 0 Å². The number of thioether (sulfide) groups is 1. The number of carbonyl (C=O) groups is 1. The lowest BCUT2D eigenvalue weighted by molar-refractivity contribution is -0.159. The number of carbonyl (C=O) groups excluding carboxylic acids is 1. The highest BCUT2D eigenvalue weighted by atomic mass is 32.2. The monoisotopic (exact) mass is 402 g/mol. The molecule has 1 atom stereocenters. The number of benzene rings is 1. The number of ether oxygens (including phenoxy) is 1. The molecule has 0 radical (unpaired) electrons. The van der Waals surface area contributed by atoms with Gasteiger partial charge in [-0.15, -0.1) is 0 Å². The minimum atomic E-state index is -3.68. The van der Waals surface area contributed by atoms with Gasteiger partial charge in [0.2, 0.25) is 0 Å². The average Bonchev–Trinajstić information content (AvgIpc) is 2.52. The van der Waals surface area contributed by atoms with Crippen molar-refractivity contribution in [2.24, 2.45) is 5.92 Å². The van der Waals surface area contributed by atoms with Crippen LogP contribution >= 0.6 is 11.8 Å². The van der Waals surface area contributed by atoms with Gasteiger partial charge in [0.25, 0.3) is 10.1 Å². The van der Waals surface area contributed by atoms with Crippen molar-refractivity contribution >= 4 is 27.8 Å². The molecule has 1 rings (SSSR count). The number of aryl methyl sites for hydroxylation is 1. The Balaban J connectivity index is 2.19. The molecule has 0 fully saturated rings. The Morgan fingerprint density at radius 2 is 1.77 bits per heavy atom.